The number of amides is 1. The SMILES string of the molecule is CN(CCC#N)C(=O)CSc1ccc(Br)c(C(=O)O)c1. The third-order valence-corrected chi connectivity index (χ3v) is 4.19. The van der Waals surface area contributed by atoms with Gasteiger partial charge in [-0.05, 0) is 34.1 Å². The molecular formula is C13H13BrN2O3S. The van der Waals surface area contributed by atoms with Crippen LogP contribution in [0.3, 0.4) is 0 Å². The van der Waals surface area contributed by atoms with Gasteiger partial charge >= 0.3 is 5.97 Å². The Bertz CT molecular complexity index is 557. The number of halogens is 1. The minimum Gasteiger partial charge on any atom is -0.478 e. The minimum atomic E-state index is -1.02. The van der Waals surface area contributed by atoms with Crippen LogP contribution >= 0.6 is 27.7 Å². The van der Waals surface area contributed by atoms with Gasteiger partial charge in [0.25, 0.3) is 0 Å². The number of carboxylic acid groups (broad SMARTS) is 1. The van der Waals surface area contributed by atoms with Crippen LogP contribution in [0.4, 0.5) is 0 Å². The van der Waals surface area contributed by atoms with E-state index in [1.807, 2.05) is 6.07 Å². The average molecular weight is 357 g/mol. The van der Waals surface area contributed by atoms with Crippen molar-refractivity contribution in [1.29, 1.82) is 5.26 Å². The largest absolute Gasteiger partial charge is 0.478 e. The number of hydrogen-bond acceptors (Lipinski definition) is 4. The van der Waals surface area contributed by atoms with Gasteiger partial charge in [-0.3, -0.25) is 4.79 Å². The topological polar surface area (TPSA) is 81.4 Å². The molecular weight excluding hydrogens is 344 g/mol. The molecule has 0 aliphatic heterocycles. The number of carboxylic acids is 1. The molecule has 5 nitrogen and oxygen atoms in total. The number of benzene rings is 1. The second-order valence-corrected chi connectivity index (χ2v) is 5.86. The summed E-state index contributed by atoms with van der Waals surface area (Å²) in [6, 6.07) is 6.91. The molecule has 20 heavy (non-hydrogen) atoms. The first-order valence-electron chi connectivity index (χ1n) is 5.72. The molecule has 1 rings (SSSR count). The predicted octanol–water partition coefficient (Wildman–Crippen LogP) is 2.61. The number of aromatic carboxylic acids is 1. The van der Waals surface area contributed by atoms with E-state index >= 15 is 0 Å². The second-order valence-electron chi connectivity index (χ2n) is 3.96. The summed E-state index contributed by atoms with van der Waals surface area (Å²) in [4.78, 5) is 25.0. The fourth-order valence-corrected chi connectivity index (χ4v) is 2.65. The molecule has 1 aromatic rings. The van der Waals surface area contributed by atoms with Crippen molar-refractivity contribution in [1.82, 2.24) is 4.90 Å². The van der Waals surface area contributed by atoms with Crippen LogP contribution in [0.15, 0.2) is 27.6 Å². The molecule has 0 atom stereocenters. The summed E-state index contributed by atoms with van der Waals surface area (Å²) in [6.45, 7) is 0.399. The molecule has 106 valence electrons. The van der Waals surface area contributed by atoms with Crippen molar-refractivity contribution >= 4 is 39.6 Å². The summed E-state index contributed by atoms with van der Waals surface area (Å²) in [5.41, 5.74) is 0.167. The number of rotatable bonds is 6. The van der Waals surface area contributed by atoms with Crippen LogP contribution in [0.25, 0.3) is 0 Å². The minimum absolute atomic E-state index is 0.0926. The lowest BCUT2D eigenvalue weighted by Crippen LogP contribution is -2.29. The summed E-state index contributed by atoms with van der Waals surface area (Å²) < 4.78 is 0.506. The first-order chi connectivity index (χ1) is 9.45. The van der Waals surface area contributed by atoms with E-state index in [9.17, 15) is 9.59 Å². The Morgan fingerprint density at radius 2 is 2.20 bits per heavy atom. The van der Waals surface area contributed by atoms with Crippen LogP contribution in [0, 0.1) is 11.3 Å². The zero-order chi connectivity index (χ0) is 15.1. The summed E-state index contributed by atoms with van der Waals surface area (Å²) in [7, 11) is 1.64. The average Bonchev–Trinajstić information content (AvgIpc) is 2.43. The maximum absolute atomic E-state index is 11.8. The van der Waals surface area contributed by atoms with E-state index in [4.69, 9.17) is 10.4 Å². The fourth-order valence-electron chi connectivity index (χ4n) is 1.36. The van der Waals surface area contributed by atoms with Crippen molar-refractivity contribution < 1.29 is 14.7 Å². The highest BCUT2D eigenvalue weighted by atomic mass is 79.9. The van der Waals surface area contributed by atoms with Crippen molar-refractivity contribution in [3.05, 3.63) is 28.2 Å². The molecule has 0 bridgehead atoms. The van der Waals surface area contributed by atoms with Crippen LogP contribution in [-0.4, -0.2) is 41.2 Å². The second kappa shape index (κ2) is 7.92. The molecule has 0 fully saturated rings. The Morgan fingerprint density at radius 1 is 1.50 bits per heavy atom. The lowest BCUT2D eigenvalue weighted by molar-refractivity contribution is -0.127. The zero-order valence-electron chi connectivity index (χ0n) is 10.8. The number of carbonyl (C=O) groups excluding carboxylic acids is 1. The van der Waals surface area contributed by atoms with Gasteiger partial charge in [-0.25, -0.2) is 4.79 Å². The van der Waals surface area contributed by atoms with Crippen molar-refractivity contribution in [2.45, 2.75) is 11.3 Å². The van der Waals surface area contributed by atoms with E-state index in [0.29, 0.717) is 22.3 Å². The normalized spacial score (nSPS) is 9.85. The monoisotopic (exact) mass is 356 g/mol. The standard InChI is InChI=1S/C13H13BrN2O3S/c1-16(6-2-5-15)12(17)8-20-9-3-4-11(14)10(7-9)13(18)19/h3-4,7H,2,6,8H2,1H3,(H,18,19). The van der Waals surface area contributed by atoms with E-state index < -0.39 is 5.97 Å². The summed E-state index contributed by atoms with van der Waals surface area (Å²) >= 11 is 4.44. The Hall–Kier alpha value is -1.52. The van der Waals surface area contributed by atoms with Crippen LogP contribution in [0.5, 0.6) is 0 Å². The van der Waals surface area contributed by atoms with Gasteiger partial charge in [0.1, 0.15) is 0 Å². The van der Waals surface area contributed by atoms with Gasteiger partial charge in [0.2, 0.25) is 5.91 Å². The van der Waals surface area contributed by atoms with Crippen LogP contribution in [-0.2, 0) is 4.79 Å². The maximum Gasteiger partial charge on any atom is 0.336 e. The smallest absolute Gasteiger partial charge is 0.336 e. The van der Waals surface area contributed by atoms with Gasteiger partial charge in [-0.15, -0.1) is 11.8 Å². The molecule has 7 heteroatoms. The van der Waals surface area contributed by atoms with Crippen molar-refractivity contribution in [3.63, 3.8) is 0 Å². The van der Waals surface area contributed by atoms with Crippen LogP contribution < -0.4 is 0 Å². The molecule has 0 aromatic heterocycles. The number of carbonyl (C=O) groups is 2. The molecule has 0 saturated heterocycles. The molecule has 0 spiro atoms. The van der Waals surface area contributed by atoms with E-state index in [1.165, 1.54) is 22.7 Å². The molecule has 1 aromatic carbocycles. The summed E-state index contributed by atoms with van der Waals surface area (Å²) in [5.74, 6) is -0.898. The van der Waals surface area contributed by atoms with E-state index in [-0.39, 0.29) is 17.2 Å². The first kappa shape index (κ1) is 16.5. The highest BCUT2D eigenvalue weighted by Crippen LogP contribution is 2.25. The summed E-state index contributed by atoms with van der Waals surface area (Å²) in [6.07, 6.45) is 0.300. The van der Waals surface area contributed by atoms with E-state index in [2.05, 4.69) is 15.9 Å². The molecule has 0 saturated carbocycles. The molecule has 0 aliphatic rings. The quantitative estimate of drug-likeness (QED) is 0.792. The number of nitriles is 1. The van der Waals surface area contributed by atoms with Gasteiger partial charge in [0.15, 0.2) is 0 Å². The molecule has 1 N–H and O–H groups in total. The number of nitrogens with zero attached hydrogens (tertiary/aromatic N) is 2. The summed E-state index contributed by atoms with van der Waals surface area (Å²) in [5, 5.41) is 17.5. The van der Waals surface area contributed by atoms with Crippen LogP contribution in [0.2, 0.25) is 0 Å². The number of hydrogen-bond donors (Lipinski definition) is 1. The van der Waals surface area contributed by atoms with E-state index in [1.54, 1.807) is 19.2 Å². The Labute approximate surface area is 129 Å². The van der Waals surface area contributed by atoms with Gasteiger partial charge in [0, 0.05) is 23.0 Å². The molecule has 0 unspecified atom stereocenters. The lowest BCUT2D eigenvalue weighted by atomic mass is 10.2. The van der Waals surface area contributed by atoms with Crippen molar-refractivity contribution in [2.75, 3.05) is 19.3 Å². The fraction of sp³-hybridized carbons (Fsp3) is 0.308. The molecule has 0 aliphatic carbocycles. The number of thioether (sulfide) groups is 1. The highest BCUT2D eigenvalue weighted by molar-refractivity contribution is 9.10. The van der Waals surface area contributed by atoms with Crippen molar-refractivity contribution in [2.24, 2.45) is 0 Å². The Morgan fingerprint density at radius 3 is 2.80 bits per heavy atom. The zero-order valence-corrected chi connectivity index (χ0v) is 13.2. The van der Waals surface area contributed by atoms with E-state index in [0.717, 1.165) is 0 Å². The molecule has 0 heterocycles. The third kappa shape index (κ3) is 4.87. The first-order valence-corrected chi connectivity index (χ1v) is 7.50. The van der Waals surface area contributed by atoms with Crippen molar-refractivity contribution in [3.8, 4) is 6.07 Å². The predicted molar refractivity (Wildman–Crippen MR) is 79.7 cm³/mol. The maximum atomic E-state index is 11.8. The molecule has 1 amide bonds. The third-order valence-electron chi connectivity index (χ3n) is 2.52. The van der Waals surface area contributed by atoms with Gasteiger partial charge in [-0.2, -0.15) is 5.26 Å². The Balaban J connectivity index is 2.62. The van der Waals surface area contributed by atoms with Gasteiger partial charge < -0.3 is 10.0 Å². The molecule has 0 radical (unpaired) electrons. The van der Waals surface area contributed by atoms with Gasteiger partial charge in [0.05, 0.1) is 23.8 Å². The van der Waals surface area contributed by atoms with Crippen LogP contribution in [0.1, 0.15) is 16.8 Å². The Kier molecular flexibility index (Phi) is 6.55. The highest BCUT2D eigenvalue weighted by Gasteiger charge is 2.12. The van der Waals surface area contributed by atoms with Gasteiger partial charge in [-0.1, -0.05) is 0 Å². The lowest BCUT2D eigenvalue weighted by Gasteiger charge is -2.15.